The van der Waals surface area contributed by atoms with E-state index in [-0.39, 0.29) is 25.2 Å². The second kappa shape index (κ2) is 49.2. The van der Waals surface area contributed by atoms with Crippen LogP contribution in [0, 0.1) is 0 Å². The van der Waals surface area contributed by atoms with Gasteiger partial charge in [-0.3, -0.25) is 9.59 Å². The number of rotatable bonds is 46. The number of ether oxygens (including phenoxy) is 3. The minimum absolute atomic E-state index is 0.0696. The molecule has 0 rings (SSSR count). The van der Waals surface area contributed by atoms with Crippen LogP contribution in [0.1, 0.15) is 252 Å². The Hall–Kier alpha value is -2.14. The van der Waals surface area contributed by atoms with Crippen molar-refractivity contribution in [1.82, 2.24) is 0 Å². The van der Waals surface area contributed by atoms with E-state index in [2.05, 4.69) is 69.4 Å². The Labute approximate surface area is 361 Å². The van der Waals surface area contributed by atoms with Gasteiger partial charge in [-0.2, -0.15) is 0 Å². The third-order valence-corrected chi connectivity index (χ3v) is 10.8. The summed E-state index contributed by atoms with van der Waals surface area (Å²) < 4.78 is 17.4. The molecule has 0 spiro atoms. The maximum Gasteiger partial charge on any atom is 0.306 e. The molecule has 0 N–H and O–H groups in total. The molecule has 0 amide bonds. The van der Waals surface area contributed by atoms with Gasteiger partial charge in [0.2, 0.25) is 0 Å². The van der Waals surface area contributed by atoms with Crippen LogP contribution in [0.25, 0.3) is 0 Å². The number of carbonyl (C=O) groups excluding carboxylic acids is 2. The Kier molecular flexibility index (Phi) is 47.4. The van der Waals surface area contributed by atoms with E-state index in [0.29, 0.717) is 19.4 Å². The summed E-state index contributed by atoms with van der Waals surface area (Å²) in [4.78, 5) is 25.3. The highest BCUT2D eigenvalue weighted by Gasteiger charge is 2.17. The summed E-state index contributed by atoms with van der Waals surface area (Å²) in [5.41, 5.74) is 0. The van der Waals surface area contributed by atoms with Gasteiger partial charge in [-0.1, -0.05) is 211 Å². The van der Waals surface area contributed by atoms with Crippen LogP contribution in [-0.2, 0) is 23.8 Å². The van der Waals surface area contributed by atoms with Crippen LogP contribution in [0.5, 0.6) is 0 Å². The Morgan fingerprint density at radius 2 is 0.776 bits per heavy atom. The molecule has 0 fully saturated rings. The highest BCUT2D eigenvalue weighted by molar-refractivity contribution is 5.70. The molecule has 0 aliphatic heterocycles. The van der Waals surface area contributed by atoms with Gasteiger partial charge in [-0.25, -0.2) is 0 Å². The molecule has 0 aromatic rings. The molecule has 1 unspecified atom stereocenters. The SMILES string of the molecule is CC/C=C\C/C=C\C/C=C\CCCCCC(=O)OCC(COCCCCCCCCCCCCCCCCCC)OC(=O)CCCCCCC/C=C\CCCCCC. The lowest BCUT2D eigenvalue weighted by Gasteiger charge is -2.18. The van der Waals surface area contributed by atoms with Crippen LogP contribution < -0.4 is 0 Å². The number of hydrogen-bond acceptors (Lipinski definition) is 5. The van der Waals surface area contributed by atoms with Crippen LogP contribution in [0.4, 0.5) is 0 Å². The van der Waals surface area contributed by atoms with Gasteiger partial charge < -0.3 is 14.2 Å². The van der Waals surface area contributed by atoms with Crippen LogP contribution in [0.15, 0.2) is 48.6 Å². The first kappa shape index (κ1) is 55.9. The Bertz CT molecular complexity index is 966. The van der Waals surface area contributed by atoms with E-state index >= 15 is 0 Å². The predicted octanol–water partition coefficient (Wildman–Crippen LogP) is 16.8. The van der Waals surface area contributed by atoms with Crippen molar-refractivity contribution in [2.75, 3.05) is 19.8 Å². The fourth-order valence-electron chi connectivity index (χ4n) is 7.11. The molecule has 0 bridgehead atoms. The summed E-state index contributed by atoms with van der Waals surface area (Å²) in [7, 11) is 0. The number of allylic oxidation sites excluding steroid dienone is 8. The summed E-state index contributed by atoms with van der Waals surface area (Å²) in [6.07, 6.45) is 59.7. The predicted molar refractivity (Wildman–Crippen MR) is 251 cm³/mol. The third-order valence-electron chi connectivity index (χ3n) is 10.8. The van der Waals surface area contributed by atoms with Gasteiger partial charge in [-0.05, 0) is 77.0 Å². The molecule has 338 valence electrons. The summed E-state index contributed by atoms with van der Waals surface area (Å²) in [5.74, 6) is -0.432. The smallest absolute Gasteiger partial charge is 0.306 e. The quantitative estimate of drug-likeness (QED) is 0.0348. The molecular weight excluding hydrogens is 717 g/mol. The first-order chi connectivity index (χ1) is 28.6. The van der Waals surface area contributed by atoms with Crippen molar-refractivity contribution in [3.05, 3.63) is 48.6 Å². The molecule has 1 atom stereocenters. The summed E-state index contributed by atoms with van der Waals surface area (Å²) in [6, 6.07) is 0. The van der Waals surface area contributed by atoms with Gasteiger partial charge in [-0.15, -0.1) is 0 Å². The molecule has 0 aromatic heterocycles. The highest BCUT2D eigenvalue weighted by Crippen LogP contribution is 2.15. The monoisotopic (exact) mass is 813 g/mol. The van der Waals surface area contributed by atoms with Gasteiger partial charge in [0.1, 0.15) is 6.61 Å². The molecule has 0 radical (unpaired) electrons. The normalized spacial score (nSPS) is 12.5. The molecule has 0 aliphatic carbocycles. The molecule has 0 heterocycles. The lowest BCUT2D eigenvalue weighted by atomic mass is 10.0. The number of carbonyl (C=O) groups is 2. The average Bonchev–Trinajstić information content (AvgIpc) is 3.22. The zero-order chi connectivity index (χ0) is 42.1. The minimum atomic E-state index is -0.548. The van der Waals surface area contributed by atoms with Gasteiger partial charge in [0.25, 0.3) is 0 Å². The van der Waals surface area contributed by atoms with Crippen molar-refractivity contribution in [3.8, 4) is 0 Å². The third kappa shape index (κ3) is 46.5. The van der Waals surface area contributed by atoms with Crippen molar-refractivity contribution >= 4 is 11.9 Å². The molecule has 0 saturated carbocycles. The maximum atomic E-state index is 12.8. The van der Waals surface area contributed by atoms with Gasteiger partial charge in [0.15, 0.2) is 6.10 Å². The van der Waals surface area contributed by atoms with Gasteiger partial charge in [0, 0.05) is 19.4 Å². The number of unbranched alkanes of at least 4 members (excludes halogenated alkanes) is 27. The number of hydrogen-bond donors (Lipinski definition) is 0. The van der Waals surface area contributed by atoms with Crippen LogP contribution in [0.3, 0.4) is 0 Å². The molecule has 5 heteroatoms. The fourth-order valence-corrected chi connectivity index (χ4v) is 7.11. The van der Waals surface area contributed by atoms with E-state index < -0.39 is 6.10 Å². The van der Waals surface area contributed by atoms with E-state index in [1.807, 2.05) is 0 Å². The summed E-state index contributed by atoms with van der Waals surface area (Å²) in [6.45, 7) is 7.69. The Morgan fingerprint density at radius 1 is 0.397 bits per heavy atom. The standard InChI is InChI=1S/C53H96O5/c1-4-7-10-13-16-19-22-25-26-27-30-33-36-39-42-45-48-56-49-51(58-53(55)47-44-41-38-35-32-29-24-21-18-15-12-9-6-3)50-57-52(54)46-43-40-37-34-31-28-23-20-17-14-11-8-5-2/h8,11,17,20-21,24,28,31,51H,4-7,9-10,12-16,18-19,22-23,25-27,29-30,32-50H2,1-3H3/b11-8-,20-17-,24-21-,31-28-. The Balaban J connectivity index is 4.28. The Morgan fingerprint density at radius 3 is 1.29 bits per heavy atom. The van der Waals surface area contributed by atoms with Crippen molar-refractivity contribution in [3.63, 3.8) is 0 Å². The summed E-state index contributed by atoms with van der Waals surface area (Å²) in [5, 5.41) is 0. The van der Waals surface area contributed by atoms with Crippen molar-refractivity contribution < 1.29 is 23.8 Å². The maximum absolute atomic E-state index is 12.8. The van der Waals surface area contributed by atoms with Gasteiger partial charge in [0.05, 0.1) is 6.61 Å². The largest absolute Gasteiger partial charge is 0.462 e. The van der Waals surface area contributed by atoms with E-state index in [9.17, 15) is 9.59 Å². The van der Waals surface area contributed by atoms with Crippen LogP contribution in [-0.4, -0.2) is 37.9 Å². The first-order valence-electron chi connectivity index (χ1n) is 25.2. The molecule has 0 aromatic carbocycles. The topological polar surface area (TPSA) is 61.8 Å². The van der Waals surface area contributed by atoms with Gasteiger partial charge >= 0.3 is 11.9 Å². The average molecular weight is 813 g/mol. The van der Waals surface area contributed by atoms with Crippen molar-refractivity contribution in [1.29, 1.82) is 0 Å². The number of esters is 2. The second-order valence-electron chi connectivity index (χ2n) is 16.7. The minimum Gasteiger partial charge on any atom is -0.462 e. The molecule has 5 nitrogen and oxygen atoms in total. The van der Waals surface area contributed by atoms with Crippen molar-refractivity contribution in [2.45, 2.75) is 258 Å². The zero-order valence-electron chi connectivity index (χ0n) is 38.8. The van der Waals surface area contributed by atoms with E-state index in [4.69, 9.17) is 14.2 Å². The van der Waals surface area contributed by atoms with Crippen LogP contribution >= 0.6 is 0 Å². The van der Waals surface area contributed by atoms with Crippen molar-refractivity contribution in [2.24, 2.45) is 0 Å². The van der Waals surface area contributed by atoms with E-state index in [0.717, 1.165) is 83.5 Å². The van der Waals surface area contributed by atoms with Crippen LogP contribution in [0.2, 0.25) is 0 Å². The van der Waals surface area contributed by atoms with E-state index in [1.54, 1.807) is 0 Å². The van der Waals surface area contributed by atoms with E-state index in [1.165, 1.54) is 135 Å². The first-order valence-corrected chi connectivity index (χ1v) is 25.2. The molecule has 0 aliphatic rings. The molecule has 0 saturated heterocycles. The summed E-state index contributed by atoms with van der Waals surface area (Å²) >= 11 is 0. The second-order valence-corrected chi connectivity index (χ2v) is 16.7. The fraction of sp³-hybridized carbons (Fsp3) is 0.811. The molecule has 58 heavy (non-hydrogen) atoms. The zero-order valence-corrected chi connectivity index (χ0v) is 38.8. The molecular formula is C53H96O5. The lowest BCUT2D eigenvalue weighted by Crippen LogP contribution is -2.30. The lowest BCUT2D eigenvalue weighted by molar-refractivity contribution is -0.163. The highest BCUT2D eigenvalue weighted by atomic mass is 16.6.